The molecule has 1 aromatic carbocycles. The van der Waals surface area contributed by atoms with Crippen LogP contribution in [0.5, 0.6) is 5.75 Å². The molecule has 1 fully saturated rings. The Labute approximate surface area is 130 Å². The zero-order valence-electron chi connectivity index (χ0n) is 12.5. The summed E-state index contributed by atoms with van der Waals surface area (Å²) in [5.41, 5.74) is 1.12. The monoisotopic (exact) mass is 341 g/mol. The third-order valence-electron chi connectivity index (χ3n) is 3.86. The van der Waals surface area contributed by atoms with Crippen molar-refractivity contribution in [3.05, 3.63) is 28.2 Å². The van der Waals surface area contributed by atoms with Crippen LogP contribution >= 0.6 is 15.9 Å². The average Bonchev–Trinajstić information content (AvgIpc) is 2.86. The molecule has 0 amide bonds. The topological polar surface area (TPSA) is 30.5 Å². The molecule has 2 unspecified atom stereocenters. The minimum atomic E-state index is -0.122. The van der Waals surface area contributed by atoms with E-state index in [0.717, 1.165) is 36.2 Å². The predicted octanol–water partition coefficient (Wildman–Crippen LogP) is 4.07. The van der Waals surface area contributed by atoms with Gasteiger partial charge in [-0.05, 0) is 66.9 Å². The second-order valence-corrected chi connectivity index (χ2v) is 6.23. The van der Waals surface area contributed by atoms with Gasteiger partial charge in [-0.1, -0.05) is 13.0 Å². The molecule has 0 spiro atoms. The van der Waals surface area contributed by atoms with Gasteiger partial charge in [-0.15, -0.1) is 0 Å². The molecule has 3 nitrogen and oxygen atoms in total. The second-order valence-electron chi connectivity index (χ2n) is 5.38. The van der Waals surface area contributed by atoms with Crippen LogP contribution in [-0.2, 0) is 4.74 Å². The summed E-state index contributed by atoms with van der Waals surface area (Å²) in [7, 11) is 0. The zero-order chi connectivity index (χ0) is 14.6. The van der Waals surface area contributed by atoms with E-state index < -0.39 is 0 Å². The molecule has 1 aromatic rings. The van der Waals surface area contributed by atoms with Gasteiger partial charge in [-0.25, -0.2) is 0 Å². The predicted molar refractivity (Wildman–Crippen MR) is 85.3 cm³/mol. The van der Waals surface area contributed by atoms with E-state index in [2.05, 4.69) is 47.2 Å². The number of rotatable bonds is 6. The SMILES string of the molecule is CCNC(c1ccc(OCC)c(Br)c1)C1(C)CCCO1. The molecule has 1 N–H and O–H groups in total. The summed E-state index contributed by atoms with van der Waals surface area (Å²) in [6.45, 7) is 8.79. The first kappa shape index (κ1) is 15.8. The van der Waals surface area contributed by atoms with Crippen LogP contribution in [0.1, 0.15) is 45.2 Å². The minimum absolute atomic E-state index is 0.122. The molecule has 20 heavy (non-hydrogen) atoms. The van der Waals surface area contributed by atoms with Gasteiger partial charge in [0.1, 0.15) is 5.75 Å². The Morgan fingerprint density at radius 3 is 2.80 bits per heavy atom. The molecule has 1 saturated heterocycles. The molecular weight excluding hydrogens is 318 g/mol. The Morgan fingerprint density at radius 1 is 1.45 bits per heavy atom. The molecule has 0 saturated carbocycles. The fraction of sp³-hybridized carbons (Fsp3) is 0.625. The van der Waals surface area contributed by atoms with Gasteiger partial charge in [-0.2, -0.15) is 0 Å². The summed E-state index contributed by atoms with van der Waals surface area (Å²) in [4.78, 5) is 0. The summed E-state index contributed by atoms with van der Waals surface area (Å²) in [6, 6.07) is 6.52. The molecule has 1 aliphatic heterocycles. The lowest BCUT2D eigenvalue weighted by atomic mass is 9.87. The standard InChI is InChI=1S/C16H24BrNO2/c1-4-18-15(16(3)9-6-10-20-16)12-7-8-14(19-5-2)13(17)11-12/h7-8,11,15,18H,4-6,9-10H2,1-3H3. The lowest BCUT2D eigenvalue weighted by Crippen LogP contribution is -2.41. The molecule has 2 rings (SSSR count). The van der Waals surface area contributed by atoms with E-state index in [9.17, 15) is 0 Å². The Hall–Kier alpha value is -0.580. The third-order valence-corrected chi connectivity index (χ3v) is 4.48. The maximum Gasteiger partial charge on any atom is 0.133 e. The number of nitrogens with one attached hydrogen (secondary N) is 1. The van der Waals surface area contributed by atoms with E-state index >= 15 is 0 Å². The van der Waals surface area contributed by atoms with Crippen molar-refractivity contribution < 1.29 is 9.47 Å². The molecule has 1 heterocycles. The van der Waals surface area contributed by atoms with Crippen molar-refractivity contribution in [2.75, 3.05) is 19.8 Å². The number of halogens is 1. The van der Waals surface area contributed by atoms with Crippen LogP contribution in [0, 0.1) is 0 Å². The van der Waals surface area contributed by atoms with Gasteiger partial charge in [0.2, 0.25) is 0 Å². The first-order valence-corrected chi connectivity index (χ1v) is 8.19. The molecule has 0 radical (unpaired) electrons. The van der Waals surface area contributed by atoms with Crippen LogP contribution in [-0.4, -0.2) is 25.4 Å². The first-order chi connectivity index (χ1) is 9.60. The van der Waals surface area contributed by atoms with Crippen LogP contribution in [0.15, 0.2) is 22.7 Å². The van der Waals surface area contributed by atoms with E-state index in [1.54, 1.807) is 0 Å². The van der Waals surface area contributed by atoms with Gasteiger partial charge in [0, 0.05) is 6.61 Å². The summed E-state index contributed by atoms with van der Waals surface area (Å²) < 4.78 is 12.6. The van der Waals surface area contributed by atoms with Gasteiger partial charge in [0.05, 0.1) is 22.7 Å². The molecule has 4 heteroatoms. The lowest BCUT2D eigenvalue weighted by molar-refractivity contribution is -0.0121. The molecule has 112 valence electrons. The molecule has 0 aromatic heterocycles. The summed E-state index contributed by atoms with van der Waals surface area (Å²) >= 11 is 3.60. The maximum absolute atomic E-state index is 6.02. The highest BCUT2D eigenvalue weighted by Gasteiger charge is 2.39. The van der Waals surface area contributed by atoms with Crippen molar-refractivity contribution in [1.29, 1.82) is 0 Å². The summed E-state index contributed by atoms with van der Waals surface area (Å²) in [6.07, 6.45) is 2.23. The van der Waals surface area contributed by atoms with Crippen molar-refractivity contribution in [3.63, 3.8) is 0 Å². The van der Waals surface area contributed by atoms with Crippen LogP contribution in [0.25, 0.3) is 0 Å². The highest BCUT2D eigenvalue weighted by molar-refractivity contribution is 9.10. The van der Waals surface area contributed by atoms with Crippen LogP contribution < -0.4 is 10.1 Å². The number of likely N-dealkylation sites (N-methyl/N-ethyl adjacent to an activating group) is 1. The fourth-order valence-electron chi connectivity index (χ4n) is 2.89. The van der Waals surface area contributed by atoms with Gasteiger partial charge in [0.15, 0.2) is 0 Å². The quantitative estimate of drug-likeness (QED) is 0.845. The van der Waals surface area contributed by atoms with Crippen molar-refractivity contribution in [3.8, 4) is 5.75 Å². The Bertz CT molecular complexity index is 444. The third kappa shape index (κ3) is 3.35. The van der Waals surface area contributed by atoms with E-state index in [1.807, 2.05) is 13.0 Å². The van der Waals surface area contributed by atoms with Crippen molar-refractivity contribution in [2.24, 2.45) is 0 Å². The van der Waals surface area contributed by atoms with Crippen molar-refractivity contribution in [1.82, 2.24) is 5.32 Å². The number of ether oxygens (including phenoxy) is 2. The van der Waals surface area contributed by atoms with Crippen molar-refractivity contribution in [2.45, 2.75) is 45.3 Å². The normalized spacial score (nSPS) is 23.8. The van der Waals surface area contributed by atoms with Crippen LogP contribution in [0.4, 0.5) is 0 Å². The number of hydrogen-bond donors (Lipinski definition) is 1. The van der Waals surface area contributed by atoms with Crippen LogP contribution in [0.3, 0.4) is 0 Å². The Balaban J connectivity index is 2.27. The van der Waals surface area contributed by atoms with Gasteiger partial charge < -0.3 is 14.8 Å². The van der Waals surface area contributed by atoms with Gasteiger partial charge in [-0.3, -0.25) is 0 Å². The number of benzene rings is 1. The van der Waals surface area contributed by atoms with E-state index in [4.69, 9.17) is 9.47 Å². The second kappa shape index (κ2) is 6.92. The highest BCUT2D eigenvalue weighted by atomic mass is 79.9. The smallest absolute Gasteiger partial charge is 0.133 e. The molecular formula is C16H24BrNO2. The summed E-state index contributed by atoms with van der Waals surface area (Å²) in [5.74, 6) is 0.893. The maximum atomic E-state index is 6.02. The van der Waals surface area contributed by atoms with Crippen molar-refractivity contribution >= 4 is 15.9 Å². The van der Waals surface area contributed by atoms with E-state index in [1.165, 1.54) is 5.56 Å². The number of hydrogen-bond acceptors (Lipinski definition) is 3. The largest absolute Gasteiger partial charge is 0.493 e. The molecule has 2 atom stereocenters. The zero-order valence-corrected chi connectivity index (χ0v) is 14.1. The molecule has 1 aliphatic rings. The highest BCUT2D eigenvalue weighted by Crippen LogP contribution is 2.39. The molecule has 0 aliphatic carbocycles. The average molecular weight is 342 g/mol. The summed E-state index contributed by atoms with van der Waals surface area (Å²) in [5, 5.41) is 3.57. The lowest BCUT2D eigenvalue weighted by Gasteiger charge is -2.34. The first-order valence-electron chi connectivity index (χ1n) is 7.40. The van der Waals surface area contributed by atoms with Gasteiger partial charge >= 0.3 is 0 Å². The Kier molecular flexibility index (Phi) is 5.47. The minimum Gasteiger partial charge on any atom is -0.493 e. The molecule has 0 bridgehead atoms. The van der Waals surface area contributed by atoms with Crippen LogP contribution in [0.2, 0.25) is 0 Å². The van der Waals surface area contributed by atoms with Gasteiger partial charge in [0.25, 0.3) is 0 Å². The Morgan fingerprint density at radius 2 is 2.25 bits per heavy atom. The van der Waals surface area contributed by atoms with E-state index in [0.29, 0.717) is 6.61 Å². The van der Waals surface area contributed by atoms with E-state index in [-0.39, 0.29) is 11.6 Å². The fourth-order valence-corrected chi connectivity index (χ4v) is 3.40.